The Kier molecular flexibility index (Phi) is 7.38. The van der Waals surface area contributed by atoms with Crippen LogP contribution >= 0.6 is 11.3 Å². The summed E-state index contributed by atoms with van der Waals surface area (Å²) in [5.41, 5.74) is 5.15. The second kappa shape index (κ2) is 10.9. The van der Waals surface area contributed by atoms with Gasteiger partial charge >= 0.3 is 5.97 Å². The number of esters is 1. The molecule has 1 atom stereocenters. The van der Waals surface area contributed by atoms with Crippen molar-refractivity contribution in [1.29, 1.82) is 0 Å². The number of rotatable bonds is 8. The maximum Gasteiger partial charge on any atom is 0.308 e. The topological polar surface area (TPSA) is 98.5 Å². The average Bonchev–Trinajstić information content (AvgIpc) is 3.41. The summed E-state index contributed by atoms with van der Waals surface area (Å²) in [5, 5.41) is 12.9. The van der Waals surface area contributed by atoms with Gasteiger partial charge in [0.1, 0.15) is 22.7 Å². The number of nitrogens with zero attached hydrogens (tertiary/aromatic N) is 4. The zero-order valence-corrected chi connectivity index (χ0v) is 22.9. The van der Waals surface area contributed by atoms with E-state index in [2.05, 4.69) is 29.4 Å². The van der Waals surface area contributed by atoms with Gasteiger partial charge < -0.3 is 10.1 Å². The SMILES string of the molecule is COC(=O)C[C@@H]1N=C(c2ccc(NCCC(=O)c3ccc(F)cc3)cc2)c2c(sc(C)c2C)-n2c(C)nnc21. The van der Waals surface area contributed by atoms with Gasteiger partial charge in [0.25, 0.3) is 0 Å². The number of aliphatic imine (C=N–C) groups is 1. The molecule has 0 saturated carbocycles. The molecule has 2 aromatic heterocycles. The van der Waals surface area contributed by atoms with E-state index in [-0.39, 0.29) is 30.4 Å². The van der Waals surface area contributed by atoms with Gasteiger partial charge in [0.2, 0.25) is 0 Å². The number of ether oxygens (including phenoxy) is 1. The Hall–Kier alpha value is -4.18. The predicted octanol–water partition coefficient (Wildman–Crippen LogP) is 5.53. The number of benzene rings is 2. The molecule has 0 radical (unpaired) electrons. The number of ketones is 1. The molecule has 10 heteroatoms. The van der Waals surface area contributed by atoms with E-state index in [1.165, 1.54) is 36.3 Å². The van der Waals surface area contributed by atoms with Crippen molar-refractivity contribution < 1.29 is 18.7 Å². The molecule has 1 aliphatic rings. The number of Topliss-reactive ketones (excluding diaryl/α,β-unsaturated/α-hetero) is 1. The fourth-order valence-corrected chi connectivity index (χ4v) is 5.83. The lowest BCUT2D eigenvalue weighted by molar-refractivity contribution is -0.141. The third-order valence-electron chi connectivity index (χ3n) is 6.83. The fourth-order valence-electron chi connectivity index (χ4n) is 4.61. The van der Waals surface area contributed by atoms with Crippen LogP contribution in [0.1, 0.15) is 62.5 Å². The zero-order valence-electron chi connectivity index (χ0n) is 22.1. The minimum atomic E-state index is -0.553. The molecule has 0 amide bonds. The summed E-state index contributed by atoms with van der Waals surface area (Å²) in [6.45, 7) is 6.50. The standard InChI is InChI=1S/C29H28FN5O3S/c1-16-17(2)39-29-26(16)27(32-23(15-25(37)38-4)28-34-33-18(3)35(28)29)20-7-11-22(12-8-20)31-14-13-24(36)19-5-9-21(30)10-6-19/h5-12,23,31H,13-15H2,1-4H3/t23-/m0/s1. The monoisotopic (exact) mass is 545 g/mol. The number of aromatic nitrogens is 3. The molecule has 5 rings (SSSR count). The summed E-state index contributed by atoms with van der Waals surface area (Å²) < 4.78 is 20.1. The molecule has 0 unspecified atom stereocenters. The van der Waals surface area contributed by atoms with E-state index in [9.17, 15) is 14.0 Å². The third kappa shape index (κ3) is 5.24. The van der Waals surface area contributed by atoms with Crippen LogP contribution in [0.3, 0.4) is 0 Å². The molecule has 2 aromatic carbocycles. The van der Waals surface area contributed by atoms with Crippen LogP contribution in [-0.2, 0) is 9.53 Å². The lowest BCUT2D eigenvalue weighted by Crippen LogP contribution is -2.12. The smallest absolute Gasteiger partial charge is 0.308 e. The number of carbonyl (C=O) groups is 2. The maximum atomic E-state index is 13.1. The number of nitrogens with one attached hydrogen (secondary N) is 1. The molecule has 3 heterocycles. The van der Waals surface area contributed by atoms with Crippen LogP contribution < -0.4 is 5.32 Å². The molecule has 0 spiro atoms. The van der Waals surface area contributed by atoms with Crippen LogP contribution in [0.15, 0.2) is 53.5 Å². The Labute approximate surface area is 229 Å². The summed E-state index contributed by atoms with van der Waals surface area (Å²) in [6.07, 6.45) is 0.331. The first kappa shape index (κ1) is 26.4. The number of hydrogen-bond acceptors (Lipinski definition) is 8. The zero-order chi connectivity index (χ0) is 27.7. The first-order chi connectivity index (χ1) is 18.8. The fraction of sp³-hybridized carbons (Fsp3) is 0.276. The molecule has 0 saturated heterocycles. The van der Waals surface area contributed by atoms with Crippen molar-refractivity contribution in [3.05, 3.63) is 93.1 Å². The molecular weight excluding hydrogens is 517 g/mol. The lowest BCUT2D eigenvalue weighted by Gasteiger charge is -2.12. The van der Waals surface area contributed by atoms with Crippen LogP contribution in [0, 0.1) is 26.6 Å². The average molecular weight is 546 g/mol. The van der Waals surface area contributed by atoms with E-state index in [4.69, 9.17) is 9.73 Å². The van der Waals surface area contributed by atoms with Gasteiger partial charge in [-0.05, 0) is 62.7 Å². The summed E-state index contributed by atoms with van der Waals surface area (Å²) >= 11 is 1.65. The molecule has 0 bridgehead atoms. The van der Waals surface area contributed by atoms with E-state index < -0.39 is 6.04 Å². The van der Waals surface area contributed by atoms with Crippen LogP contribution in [0.4, 0.5) is 10.1 Å². The van der Waals surface area contributed by atoms with E-state index in [0.717, 1.165) is 38.9 Å². The maximum absolute atomic E-state index is 13.1. The van der Waals surface area contributed by atoms with Crippen molar-refractivity contribution in [3.63, 3.8) is 0 Å². The molecular formula is C29H28FN5O3S. The number of aryl methyl sites for hydroxylation is 2. The number of methoxy groups -OCH3 is 1. The van der Waals surface area contributed by atoms with Gasteiger partial charge in [-0.15, -0.1) is 21.5 Å². The highest BCUT2D eigenvalue weighted by Gasteiger charge is 2.32. The number of halogens is 1. The van der Waals surface area contributed by atoms with Gasteiger partial charge in [0, 0.05) is 40.2 Å². The predicted molar refractivity (Wildman–Crippen MR) is 149 cm³/mol. The molecule has 200 valence electrons. The molecule has 0 fully saturated rings. The first-order valence-corrected chi connectivity index (χ1v) is 13.4. The Bertz CT molecular complexity index is 1570. The highest BCUT2D eigenvalue weighted by atomic mass is 32.1. The third-order valence-corrected chi connectivity index (χ3v) is 8.03. The number of anilines is 1. The van der Waals surface area contributed by atoms with E-state index in [1.807, 2.05) is 35.8 Å². The number of thiophene rings is 1. The quantitative estimate of drug-likeness (QED) is 0.231. The Balaban J connectivity index is 1.42. The van der Waals surface area contributed by atoms with Gasteiger partial charge in [0.15, 0.2) is 11.6 Å². The largest absolute Gasteiger partial charge is 0.469 e. The van der Waals surface area contributed by atoms with Crippen molar-refractivity contribution in [2.75, 3.05) is 19.0 Å². The highest BCUT2D eigenvalue weighted by molar-refractivity contribution is 7.15. The van der Waals surface area contributed by atoms with Gasteiger partial charge in [-0.3, -0.25) is 19.1 Å². The Morgan fingerprint density at radius 2 is 1.77 bits per heavy atom. The van der Waals surface area contributed by atoms with Crippen LogP contribution in [0.25, 0.3) is 5.00 Å². The van der Waals surface area contributed by atoms with Gasteiger partial charge in [-0.1, -0.05) is 12.1 Å². The Morgan fingerprint density at radius 1 is 1.05 bits per heavy atom. The van der Waals surface area contributed by atoms with Crippen molar-refractivity contribution in [1.82, 2.24) is 14.8 Å². The minimum Gasteiger partial charge on any atom is -0.469 e. The van der Waals surface area contributed by atoms with Gasteiger partial charge in [0.05, 0.1) is 19.2 Å². The minimum absolute atomic E-state index is 0.0484. The van der Waals surface area contributed by atoms with Crippen LogP contribution in [0.2, 0.25) is 0 Å². The number of hydrogen-bond donors (Lipinski definition) is 1. The van der Waals surface area contributed by atoms with E-state index in [1.54, 1.807) is 11.3 Å². The van der Waals surface area contributed by atoms with Crippen molar-refractivity contribution >= 4 is 34.5 Å². The lowest BCUT2D eigenvalue weighted by atomic mass is 9.99. The van der Waals surface area contributed by atoms with Crippen LogP contribution in [0.5, 0.6) is 0 Å². The molecule has 4 aromatic rings. The van der Waals surface area contributed by atoms with Gasteiger partial charge in [-0.2, -0.15) is 0 Å². The summed E-state index contributed by atoms with van der Waals surface area (Å²) in [6, 6.07) is 12.9. The normalized spacial score (nSPS) is 14.2. The highest BCUT2D eigenvalue weighted by Crippen LogP contribution is 2.39. The van der Waals surface area contributed by atoms with Crippen molar-refractivity contribution in [3.8, 4) is 5.00 Å². The molecule has 0 aliphatic carbocycles. The van der Waals surface area contributed by atoms with Crippen molar-refractivity contribution in [2.24, 2.45) is 4.99 Å². The number of fused-ring (bicyclic) bond motifs is 3. The summed E-state index contributed by atoms with van der Waals surface area (Å²) in [5.74, 6) is 0.550. The molecule has 39 heavy (non-hydrogen) atoms. The molecule has 1 aliphatic heterocycles. The van der Waals surface area contributed by atoms with Crippen molar-refractivity contribution in [2.45, 2.75) is 39.7 Å². The van der Waals surface area contributed by atoms with Crippen LogP contribution in [-0.4, -0.2) is 45.9 Å². The number of carbonyl (C=O) groups excluding carboxylic acids is 2. The van der Waals surface area contributed by atoms with E-state index >= 15 is 0 Å². The summed E-state index contributed by atoms with van der Waals surface area (Å²) in [7, 11) is 1.36. The Morgan fingerprint density at radius 3 is 2.46 bits per heavy atom. The molecule has 1 N–H and O–H groups in total. The second-order valence-corrected chi connectivity index (χ2v) is 10.6. The van der Waals surface area contributed by atoms with Gasteiger partial charge in [-0.25, -0.2) is 4.39 Å². The molecule has 8 nitrogen and oxygen atoms in total. The van der Waals surface area contributed by atoms with E-state index in [0.29, 0.717) is 17.9 Å². The first-order valence-electron chi connectivity index (χ1n) is 12.6. The summed E-state index contributed by atoms with van der Waals surface area (Å²) in [4.78, 5) is 30.9. The second-order valence-electron chi connectivity index (χ2n) is 9.36.